The number of benzene rings is 1. The maximum absolute atomic E-state index is 15.6. The predicted octanol–water partition coefficient (Wildman–Crippen LogP) is 3.00. The summed E-state index contributed by atoms with van der Waals surface area (Å²) in [6.07, 6.45) is 0.564. The molecule has 2 aromatic rings. The summed E-state index contributed by atoms with van der Waals surface area (Å²) in [5.74, 6) is -4.70. The third kappa shape index (κ3) is 3.31. The minimum absolute atomic E-state index is 0.0757. The molecule has 1 aliphatic heterocycles. The van der Waals surface area contributed by atoms with Crippen molar-refractivity contribution in [3.63, 3.8) is 0 Å². The number of aromatic nitrogens is 1. The number of piperazine rings is 1. The first kappa shape index (κ1) is 19.6. The summed E-state index contributed by atoms with van der Waals surface area (Å²) in [6.45, 7) is 4.23. The highest BCUT2D eigenvalue weighted by Gasteiger charge is 2.34. The van der Waals surface area contributed by atoms with Crippen molar-refractivity contribution >= 4 is 22.7 Å². The van der Waals surface area contributed by atoms with Crippen molar-refractivity contribution in [2.45, 2.75) is 44.8 Å². The van der Waals surface area contributed by atoms with Crippen LogP contribution < -0.4 is 20.4 Å². The number of carboxylic acid groups (broad SMARTS) is 1. The molecule has 1 saturated carbocycles. The first-order chi connectivity index (χ1) is 13.7. The van der Waals surface area contributed by atoms with Crippen molar-refractivity contribution in [1.82, 2.24) is 9.88 Å². The van der Waals surface area contributed by atoms with E-state index in [-0.39, 0.29) is 36.7 Å². The molecule has 1 aliphatic carbocycles. The number of pyridine rings is 1. The van der Waals surface area contributed by atoms with Gasteiger partial charge in [0.25, 0.3) is 0 Å². The smallest absolute Gasteiger partial charge is 0.449 e. The average Bonchev–Trinajstić information content (AvgIpc) is 3.45. The van der Waals surface area contributed by atoms with Crippen molar-refractivity contribution < 1.29 is 27.8 Å². The Morgan fingerprint density at radius 3 is 2.31 bits per heavy atom. The molecule has 156 valence electrons. The number of ether oxygens (including phenoxy) is 1. The molecule has 2 aliphatic rings. The van der Waals surface area contributed by atoms with Gasteiger partial charge in [-0.3, -0.25) is 4.79 Å². The zero-order valence-electron chi connectivity index (χ0n) is 15.8. The van der Waals surface area contributed by atoms with Gasteiger partial charge >= 0.3 is 6.16 Å². The van der Waals surface area contributed by atoms with Gasteiger partial charge in [-0.05, 0) is 26.7 Å². The normalized spacial score (nSPS) is 22.2. The second kappa shape index (κ2) is 6.94. The van der Waals surface area contributed by atoms with Crippen LogP contribution in [0.4, 0.5) is 23.7 Å². The van der Waals surface area contributed by atoms with Crippen molar-refractivity contribution in [2.75, 3.05) is 18.0 Å². The third-order valence-electron chi connectivity index (χ3n) is 5.25. The number of rotatable bonds is 3. The van der Waals surface area contributed by atoms with E-state index in [4.69, 9.17) is 5.11 Å². The van der Waals surface area contributed by atoms with Gasteiger partial charge in [0.15, 0.2) is 23.2 Å². The fourth-order valence-electron chi connectivity index (χ4n) is 4.05. The number of anilines is 1. The zero-order chi connectivity index (χ0) is 21.0. The molecule has 29 heavy (non-hydrogen) atoms. The number of fused-ring (bicyclic) bond motifs is 1. The third-order valence-corrected chi connectivity index (χ3v) is 5.25. The molecular weight excluding hydrogens is 391 g/mol. The average molecular weight is 411 g/mol. The fraction of sp³-hybridized carbons (Fsp3) is 0.474. The van der Waals surface area contributed by atoms with Crippen LogP contribution >= 0.6 is 0 Å². The number of nitrogens with zero attached hydrogens (tertiary/aromatic N) is 2. The minimum Gasteiger partial charge on any atom is -0.449 e. The standard InChI is InChI=1S/C19H20F3N3O4/c1-8-5-24(6-9(2)23-8)17-14(21)13(20)12-16(15(17)22)25(10-3-4-10)7-11(18(12)26)29-19(27)28/h7-10,23H,3-6H2,1-2H3,(H,27,28). The molecule has 4 rings (SSSR count). The Bertz CT molecular complexity index is 1060. The molecule has 1 saturated heterocycles. The molecule has 2 N–H and O–H groups in total. The van der Waals surface area contributed by atoms with Gasteiger partial charge in [-0.1, -0.05) is 0 Å². The number of carbonyl (C=O) groups is 1. The molecule has 0 bridgehead atoms. The van der Waals surface area contributed by atoms with Crippen LogP contribution in [-0.2, 0) is 0 Å². The van der Waals surface area contributed by atoms with Gasteiger partial charge in [0.05, 0.1) is 17.1 Å². The highest BCUT2D eigenvalue weighted by molar-refractivity contribution is 5.86. The molecule has 0 spiro atoms. The van der Waals surface area contributed by atoms with E-state index in [0.717, 1.165) is 6.20 Å². The monoisotopic (exact) mass is 411 g/mol. The molecule has 1 aromatic carbocycles. The Hall–Kier alpha value is -2.75. The van der Waals surface area contributed by atoms with Crippen LogP contribution in [0.15, 0.2) is 11.0 Å². The van der Waals surface area contributed by atoms with E-state index in [0.29, 0.717) is 12.8 Å². The van der Waals surface area contributed by atoms with Crippen LogP contribution in [0.2, 0.25) is 0 Å². The first-order valence-corrected chi connectivity index (χ1v) is 9.36. The van der Waals surface area contributed by atoms with E-state index < -0.39 is 45.9 Å². The molecule has 2 atom stereocenters. The van der Waals surface area contributed by atoms with Crippen LogP contribution in [-0.4, -0.2) is 41.0 Å². The van der Waals surface area contributed by atoms with Gasteiger partial charge in [0.1, 0.15) is 5.69 Å². The summed E-state index contributed by atoms with van der Waals surface area (Å²) in [6, 6.07) is -0.399. The SMILES string of the molecule is CC1CN(c2c(F)c(F)c3c(=O)c(OC(=O)O)cn(C4CC4)c3c2F)CC(C)N1. The summed E-state index contributed by atoms with van der Waals surface area (Å²) in [5.41, 5.74) is -2.10. The molecule has 2 heterocycles. The quantitative estimate of drug-likeness (QED) is 0.597. The summed E-state index contributed by atoms with van der Waals surface area (Å²) < 4.78 is 51.3. The summed E-state index contributed by atoms with van der Waals surface area (Å²) in [4.78, 5) is 24.9. The van der Waals surface area contributed by atoms with Crippen molar-refractivity contribution in [1.29, 1.82) is 0 Å². The molecule has 2 fully saturated rings. The lowest BCUT2D eigenvalue weighted by molar-refractivity contribution is 0.143. The lowest BCUT2D eigenvalue weighted by Crippen LogP contribution is -2.54. The topological polar surface area (TPSA) is 83.8 Å². The lowest BCUT2D eigenvalue weighted by atomic mass is 10.1. The summed E-state index contributed by atoms with van der Waals surface area (Å²) in [7, 11) is 0. The van der Waals surface area contributed by atoms with Gasteiger partial charge in [-0.25, -0.2) is 18.0 Å². The first-order valence-electron chi connectivity index (χ1n) is 9.36. The van der Waals surface area contributed by atoms with Crippen LogP contribution in [0.5, 0.6) is 5.75 Å². The Kier molecular flexibility index (Phi) is 4.68. The zero-order valence-corrected chi connectivity index (χ0v) is 15.8. The molecular formula is C19H20F3N3O4. The van der Waals surface area contributed by atoms with E-state index in [9.17, 15) is 14.0 Å². The van der Waals surface area contributed by atoms with Crippen LogP contribution in [0.3, 0.4) is 0 Å². The van der Waals surface area contributed by atoms with Crippen molar-refractivity contribution in [3.8, 4) is 5.75 Å². The Balaban J connectivity index is 2.01. The fourth-order valence-corrected chi connectivity index (χ4v) is 4.05. The van der Waals surface area contributed by atoms with Crippen LogP contribution in [0.25, 0.3) is 10.9 Å². The van der Waals surface area contributed by atoms with E-state index in [1.54, 1.807) is 0 Å². The number of nitrogens with one attached hydrogen (secondary N) is 1. The largest absolute Gasteiger partial charge is 0.511 e. The van der Waals surface area contributed by atoms with Gasteiger partial charge in [-0.15, -0.1) is 0 Å². The Morgan fingerprint density at radius 1 is 1.14 bits per heavy atom. The van der Waals surface area contributed by atoms with Crippen molar-refractivity contribution in [2.24, 2.45) is 0 Å². The van der Waals surface area contributed by atoms with E-state index in [1.165, 1.54) is 9.47 Å². The van der Waals surface area contributed by atoms with Gasteiger partial charge < -0.3 is 24.6 Å². The van der Waals surface area contributed by atoms with Gasteiger partial charge in [-0.2, -0.15) is 0 Å². The number of hydrogen-bond acceptors (Lipinski definition) is 5. The molecule has 2 unspecified atom stereocenters. The maximum Gasteiger partial charge on any atom is 0.511 e. The summed E-state index contributed by atoms with van der Waals surface area (Å²) in [5, 5.41) is 11.2. The summed E-state index contributed by atoms with van der Waals surface area (Å²) >= 11 is 0. The Morgan fingerprint density at radius 2 is 1.76 bits per heavy atom. The second-order valence-corrected chi connectivity index (χ2v) is 7.72. The Labute approximate surface area is 163 Å². The van der Waals surface area contributed by atoms with Gasteiger partial charge in [0, 0.05) is 31.2 Å². The number of halogens is 3. The van der Waals surface area contributed by atoms with Crippen molar-refractivity contribution in [3.05, 3.63) is 33.9 Å². The highest BCUT2D eigenvalue weighted by Crippen LogP contribution is 2.41. The van der Waals surface area contributed by atoms with E-state index in [1.807, 2.05) is 13.8 Å². The van der Waals surface area contributed by atoms with Crippen LogP contribution in [0.1, 0.15) is 32.7 Å². The molecule has 1 aromatic heterocycles. The lowest BCUT2D eigenvalue weighted by Gasteiger charge is -2.38. The maximum atomic E-state index is 15.6. The molecule has 0 amide bonds. The minimum atomic E-state index is -1.77. The molecule has 10 heteroatoms. The molecule has 0 radical (unpaired) electrons. The van der Waals surface area contributed by atoms with Crippen LogP contribution in [0, 0.1) is 17.5 Å². The van der Waals surface area contributed by atoms with E-state index in [2.05, 4.69) is 10.1 Å². The van der Waals surface area contributed by atoms with E-state index >= 15 is 8.78 Å². The predicted molar refractivity (Wildman–Crippen MR) is 99.3 cm³/mol. The van der Waals surface area contributed by atoms with Gasteiger partial charge in [0.2, 0.25) is 5.43 Å². The highest BCUT2D eigenvalue weighted by atomic mass is 19.2. The molecule has 7 nitrogen and oxygen atoms in total. The number of hydrogen-bond donors (Lipinski definition) is 2. The second-order valence-electron chi connectivity index (χ2n) is 7.72.